The summed E-state index contributed by atoms with van der Waals surface area (Å²) in [7, 11) is 2.16. The average Bonchev–Trinajstić information content (AvgIpc) is 2.89. The van der Waals surface area contributed by atoms with E-state index in [9.17, 15) is 4.79 Å². The molecular formula is C19H26N2O. The van der Waals surface area contributed by atoms with Crippen molar-refractivity contribution in [3.05, 3.63) is 35.5 Å². The molecule has 1 aliphatic rings. The molecule has 0 spiro atoms. The monoisotopic (exact) mass is 298 g/mol. The summed E-state index contributed by atoms with van der Waals surface area (Å²) >= 11 is 0. The minimum absolute atomic E-state index is 0.0661. The van der Waals surface area contributed by atoms with Crippen molar-refractivity contribution in [1.29, 1.82) is 0 Å². The number of benzene rings is 1. The number of para-hydroxylation sites is 1. The lowest BCUT2D eigenvalue weighted by Gasteiger charge is -2.04. The van der Waals surface area contributed by atoms with Crippen LogP contribution in [0, 0.1) is 18.3 Å². The zero-order valence-electron chi connectivity index (χ0n) is 14.2. The van der Waals surface area contributed by atoms with Crippen LogP contribution in [-0.2, 0) is 11.8 Å². The normalized spacial score (nSPS) is 22.8. The van der Waals surface area contributed by atoms with Gasteiger partial charge in [-0.2, -0.15) is 0 Å². The number of carbonyl (C=O) groups is 1. The minimum Gasteiger partial charge on any atom is -0.356 e. The van der Waals surface area contributed by atoms with Gasteiger partial charge in [-0.15, -0.1) is 0 Å². The van der Waals surface area contributed by atoms with Crippen LogP contribution < -0.4 is 5.32 Å². The lowest BCUT2D eigenvalue weighted by molar-refractivity contribution is -0.118. The number of amides is 1. The first-order chi connectivity index (χ1) is 10.4. The molecule has 22 heavy (non-hydrogen) atoms. The lowest BCUT2D eigenvalue weighted by atomic mass is 10.0. The van der Waals surface area contributed by atoms with Crippen LogP contribution in [0.2, 0.25) is 0 Å². The van der Waals surface area contributed by atoms with E-state index in [0.717, 1.165) is 13.0 Å². The van der Waals surface area contributed by atoms with Gasteiger partial charge >= 0.3 is 0 Å². The third-order valence-corrected chi connectivity index (χ3v) is 5.64. The summed E-state index contributed by atoms with van der Waals surface area (Å²) in [4.78, 5) is 11.1. The topological polar surface area (TPSA) is 34.0 Å². The molecule has 1 amide bonds. The molecule has 1 N–H and O–H groups in total. The smallest absolute Gasteiger partial charge is 0.216 e. The highest BCUT2D eigenvalue weighted by Crippen LogP contribution is 2.67. The number of nitrogens with one attached hydrogen (secondary N) is 1. The van der Waals surface area contributed by atoms with Gasteiger partial charge in [-0.05, 0) is 42.2 Å². The van der Waals surface area contributed by atoms with E-state index in [1.807, 2.05) is 0 Å². The maximum Gasteiger partial charge on any atom is 0.216 e. The van der Waals surface area contributed by atoms with E-state index < -0.39 is 0 Å². The Kier molecular flexibility index (Phi) is 3.54. The van der Waals surface area contributed by atoms with E-state index in [2.05, 4.69) is 62.0 Å². The Labute approximate surface area is 132 Å². The Morgan fingerprint density at radius 2 is 2.00 bits per heavy atom. The summed E-state index contributed by atoms with van der Waals surface area (Å²) < 4.78 is 2.31. The van der Waals surface area contributed by atoms with E-state index in [-0.39, 0.29) is 5.91 Å². The van der Waals surface area contributed by atoms with Gasteiger partial charge in [0.2, 0.25) is 5.91 Å². The molecule has 1 fully saturated rings. The van der Waals surface area contributed by atoms with Crippen LogP contribution in [0.1, 0.15) is 44.4 Å². The van der Waals surface area contributed by atoms with Crippen molar-refractivity contribution in [2.75, 3.05) is 6.54 Å². The fraction of sp³-hybridized carbons (Fsp3) is 0.526. The zero-order chi connectivity index (χ0) is 16.1. The molecule has 3 nitrogen and oxygen atoms in total. The molecule has 3 heteroatoms. The maximum absolute atomic E-state index is 11.1. The van der Waals surface area contributed by atoms with E-state index in [0.29, 0.717) is 17.3 Å². The van der Waals surface area contributed by atoms with Gasteiger partial charge in [0.25, 0.3) is 0 Å². The molecule has 3 rings (SSSR count). The summed E-state index contributed by atoms with van der Waals surface area (Å²) in [5.74, 6) is 1.30. The van der Waals surface area contributed by atoms with E-state index in [1.165, 1.54) is 22.2 Å². The predicted molar refractivity (Wildman–Crippen MR) is 91.0 cm³/mol. The zero-order valence-corrected chi connectivity index (χ0v) is 14.2. The van der Waals surface area contributed by atoms with Gasteiger partial charge in [-0.3, -0.25) is 4.79 Å². The molecular weight excluding hydrogens is 272 g/mol. The minimum atomic E-state index is 0.0661. The molecule has 0 unspecified atom stereocenters. The molecule has 0 aliphatic heterocycles. The standard InChI is InChI=1S/C19H26N2O/c1-12-17(14-8-6-7-9-16(14)21(12)5)18-15(19(18,3)4)10-11-20-13(2)22/h6-9,15,18H,10-11H2,1-5H3,(H,20,22)/t15-,18-/m0/s1. The molecule has 1 saturated carbocycles. The number of fused-ring (bicyclic) bond motifs is 1. The van der Waals surface area contributed by atoms with Crippen LogP contribution in [0.15, 0.2) is 24.3 Å². The Balaban J connectivity index is 1.92. The van der Waals surface area contributed by atoms with E-state index in [1.54, 1.807) is 6.92 Å². The van der Waals surface area contributed by atoms with Crippen molar-refractivity contribution in [3.8, 4) is 0 Å². The Bertz CT molecular complexity index is 726. The van der Waals surface area contributed by atoms with Crippen molar-refractivity contribution >= 4 is 16.8 Å². The Morgan fingerprint density at radius 3 is 2.68 bits per heavy atom. The van der Waals surface area contributed by atoms with Crippen molar-refractivity contribution in [3.63, 3.8) is 0 Å². The summed E-state index contributed by atoms with van der Waals surface area (Å²) in [5.41, 5.74) is 4.52. The van der Waals surface area contributed by atoms with Crippen LogP contribution in [0.25, 0.3) is 10.9 Å². The second-order valence-electron chi connectivity index (χ2n) is 7.25. The van der Waals surface area contributed by atoms with Crippen LogP contribution >= 0.6 is 0 Å². The fourth-order valence-corrected chi connectivity index (χ4v) is 4.20. The fourth-order valence-electron chi connectivity index (χ4n) is 4.20. The summed E-state index contributed by atoms with van der Waals surface area (Å²) in [6.45, 7) is 9.32. The molecule has 118 valence electrons. The first-order valence-corrected chi connectivity index (χ1v) is 8.14. The third-order valence-electron chi connectivity index (χ3n) is 5.64. The van der Waals surface area contributed by atoms with Gasteiger partial charge in [0.05, 0.1) is 0 Å². The molecule has 1 aromatic heterocycles. The largest absolute Gasteiger partial charge is 0.356 e. The van der Waals surface area contributed by atoms with Crippen LogP contribution in [0.3, 0.4) is 0 Å². The van der Waals surface area contributed by atoms with Gasteiger partial charge in [0.1, 0.15) is 0 Å². The average molecular weight is 298 g/mol. The van der Waals surface area contributed by atoms with Crippen molar-refractivity contribution in [1.82, 2.24) is 9.88 Å². The Hall–Kier alpha value is -1.77. The third kappa shape index (κ3) is 2.23. The van der Waals surface area contributed by atoms with Gasteiger partial charge in [-0.1, -0.05) is 32.0 Å². The molecule has 2 atom stereocenters. The molecule has 2 aromatic rings. The molecule has 0 bridgehead atoms. The number of aryl methyl sites for hydroxylation is 1. The highest BCUT2D eigenvalue weighted by Gasteiger charge is 2.58. The second-order valence-corrected chi connectivity index (χ2v) is 7.25. The summed E-state index contributed by atoms with van der Waals surface area (Å²) in [5, 5.41) is 4.33. The molecule has 1 aromatic carbocycles. The van der Waals surface area contributed by atoms with Crippen molar-refractivity contribution < 1.29 is 4.79 Å². The highest BCUT2D eigenvalue weighted by molar-refractivity contribution is 5.86. The Morgan fingerprint density at radius 1 is 1.32 bits per heavy atom. The van der Waals surface area contributed by atoms with Crippen molar-refractivity contribution in [2.24, 2.45) is 18.4 Å². The van der Waals surface area contributed by atoms with Gasteiger partial charge < -0.3 is 9.88 Å². The lowest BCUT2D eigenvalue weighted by Crippen LogP contribution is -2.21. The molecule has 1 aliphatic carbocycles. The first kappa shape index (κ1) is 15.1. The highest BCUT2D eigenvalue weighted by atomic mass is 16.1. The summed E-state index contributed by atoms with van der Waals surface area (Å²) in [6.07, 6.45) is 1.06. The second kappa shape index (κ2) is 5.15. The number of aromatic nitrogens is 1. The van der Waals surface area contributed by atoms with Crippen molar-refractivity contribution in [2.45, 2.75) is 40.0 Å². The maximum atomic E-state index is 11.1. The number of nitrogens with zero attached hydrogens (tertiary/aromatic N) is 1. The van der Waals surface area contributed by atoms with Crippen LogP contribution in [-0.4, -0.2) is 17.0 Å². The first-order valence-electron chi connectivity index (χ1n) is 8.14. The SMILES string of the molecule is CC(=O)NCC[C@H]1[C@@H](c2c(C)n(C)c3ccccc23)C1(C)C. The van der Waals surface area contributed by atoms with Gasteiger partial charge in [0, 0.05) is 37.1 Å². The number of hydrogen-bond acceptors (Lipinski definition) is 1. The van der Waals surface area contributed by atoms with Gasteiger partial charge in [-0.25, -0.2) is 0 Å². The molecule has 0 radical (unpaired) electrons. The number of hydrogen-bond donors (Lipinski definition) is 1. The molecule has 0 saturated heterocycles. The predicted octanol–water partition coefficient (Wildman–Crippen LogP) is 3.75. The van der Waals surface area contributed by atoms with E-state index >= 15 is 0 Å². The summed E-state index contributed by atoms with van der Waals surface area (Å²) in [6, 6.07) is 8.69. The number of carbonyl (C=O) groups excluding carboxylic acids is 1. The van der Waals surface area contributed by atoms with E-state index in [4.69, 9.17) is 0 Å². The molecule has 1 heterocycles. The number of rotatable bonds is 4. The van der Waals surface area contributed by atoms with Crippen LogP contribution in [0.4, 0.5) is 0 Å². The van der Waals surface area contributed by atoms with Gasteiger partial charge in [0.15, 0.2) is 0 Å². The quantitative estimate of drug-likeness (QED) is 0.916. The van der Waals surface area contributed by atoms with Crippen LogP contribution in [0.5, 0.6) is 0 Å².